The lowest BCUT2D eigenvalue weighted by Crippen LogP contribution is -2.30. The Bertz CT molecular complexity index is 1110. The van der Waals surface area contributed by atoms with Gasteiger partial charge in [0, 0.05) is 6.54 Å². The first kappa shape index (κ1) is 20.9. The molecule has 0 spiro atoms. The van der Waals surface area contributed by atoms with E-state index in [2.05, 4.69) is 0 Å². The maximum atomic E-state index is 13.3. The summed E-state index contributed by atoms with van der Waals surface area (Å²) in [6.45, 7) is 2.87. The monoisotopic (exact) mass is 433 g/mol. The lowest BCUT2D eigenvalue weighted by Gasteiger charge is -2.27. The number of nitrogens with zero attached hydrogens (tertiary/aromatic N) is 1. The largest absolute Gasteiger partial charge is 0.503 e. The number of ether oxygens (including phenoxy) is 1. The minimum absolute atomic E-state index is 0.107. The summed E-state index contributed by atoms with van der Waals surface area (Å²) < 4.78 is 5.77. The van der Waals surface area contributed by atoms with Crippen molar-refractivity contribution in [3.05, 3.63) is 99.4 Å². The number of hydrogen-bond acceptors (Lipinski definition) is 5. The normalized spacial score (nSPS) is 16.1. The Morgan fingerprint density at radius 2 is 1.90 bits per heavy atom. The average Bonchev–Trinajstić information content (AvgIpc) is 3.42. The number of carbonyl (C=O) groups is 2. The number of Topliss-reactive ketones (excluding diaryl/α,β-unsaturated/α-hetero) is 1. The first-order chi connectivity index (χ1) is 15.1. The summed E-state index contributed by atoms with van der Waals surface area (Å²) in [4.78, 5) is 28.4. The van der Waals surface area contributed by atoms with E-state index in [1.165, 1.54) is 11.3 Å². The molecule has 0 saturated carbocycles. The van der Waals surface area contributed by atoms with E-state index in [0.29, 0.717) is 17.2 Å². The van der Waals surface area contributed by atoms with Gasteiger partial charge in [0.05, 0.1) is 23.1 Å². The molecule has 1 amide bonds. The van der Waals surface area contributed by atoms with Gasteiger partial charge in [-0.05, 0) is 41.1 Å². The Labute approximate surface area is 185 Å². The number of amides is 1. The third-order valence-electron chi connectivity index (χ3n) is 5.14. The number of aliphatic hydroxyl groups is 1. The molecule has 0 radical (unpaired) electrons. The topological polar surface area (TPSA) is 66.8 Å². The second-order valence-electron chi connectivity index (χ2n) is 7.31. The molecule has 5 nitrogen and oxygen atoms in total. The molecule has 158 valence electrons. The summed E-state index contributed by atoms with van der Waals surface area (Å²) in [6.07, 6.45) is 0.870. The molecule has 1 aliphatic rings. The van der Waals surface area contributed by atoms with E-state index in [0.717, 1.165) is 17.5 Å². The number of hydrogen-bond donors (Lipinski definition) is 1. The van der Waals surface area contributed by atoms with E-state index in [1.54, 1.807) is 22.4 Å². The molecule has 0 bridgehead atoms. The fraction of sp³-hybridized carbons (Fsp3) is 0.200. The van der Waals surface area contributed by atoms with Crippen molar-refractivity contribution in [2.45, 2.75) is 25.9 Å². The van der Waals surface area contributed by atoms with Crippen molar-refractivity contribution in [1.82, 2.24) is 4.90 Å². The Hall–Kier alpha value is -3.38. The smallest absolute Gasteiger partial charge is 0.290 e. The van der Waals surface area contributed by atoms with Gasteiger partial charge in [0.25, 0.3) is 5.91 Å². The van der Waals surface area contributed by atoms with Crippen molar-refractivity contribution in [2.24, 2.45) is 0 Å². The van der Waals surface area contributed by atoms with E-state index < -0.39 is 17.7 Å². The van der Waals surface area contributed by atoms with Crippen LogP contribution in [0.25, 0.3) is 0 Å². The van der Waals surface area contributed by atoms with E-state index in [9.17, 15) is 14.7 Å². The van der Waals surface area contributed by atoms with Crippen molar-refractivity contribution < 1.29 is 19.4 Å². The van der Waals surface area contributed by atoms with Crippen LogP contribution < -0.4 is 4.74 Å². The number of carbonyl (C=O) groups excluding carboxylic acids is 2. The fourth-order valence-electron chi connectivity index (χ4n) is 3.71. The molecule has 0 saturated heterocycles. The summed E-state index contributed by atoms with van der Waals surface area (Å²) in [5.41, 5.74) is 1.75. The predicted octanol–water partition coefficient (Wildman–Crippen LogP) is 5.32. The molecule has 2 heterocycles. The summed E-state index contributed by atoms with van der Waals surface area (Å²) in [6, 6.07) is 19.7. The van der Waals surface area contributed by atoms with Gasteiger partial charge in [-0.25, -0.2) is 0 Å². The number of ketones is 1. The molecule has 0 aliphatic carbocycles. The number of benzene rings is 2. The van der Waals surface area contributed by atoms with Gasteiger partial charge in [-0.3, -0.25) is 9.59 Å². The first-order valence-electron chi connectivity index (χ1n) is 10.2. The van der Waals surface area contributed by atoms with Crippen molar-refractivity contribution in [3.63, 3.8) is 0 Å². The number of aliphatic hydroxyl groups excluding tert-OH is 1. The van der Waals surface area contributed by atoms with Crippen LogP contribution in [0.5, 0.6) is 5.75 Å². The molecule has 2 aromatic carbocycles. The van der Waals surface area contributed by atoms with Crippen molar-refractivity contribution >= 4 is 23.0 Å². The fourth-order valence-corrected chi connectivity index (χ4v) is 4.39. The Morgan fingerprint density at radius 1 is 1.10 bits per heavy atom. The lowest BCUT2D eigenvalue weighted by molar-refractivity contribution is -0.130. The molecule has 1 unspecified atom stereocenters. The zero-order chi connectivity index (χ0) is 21.8. The summed E-state index contributed by atoms with van der Waals surface area (Å²) >= 11 is 1.29. The number of thiophene rings is 1. The molecular formula is C25H23NO4S. The summed E-state index contributed by atoms with van der Waals surface area (Å²) in [5.74, 6) is -0.699. The molecule has 4 rings (SSSR count). The van der Waals surface area contributed by atoms with Crippen LogP contribution in [0.4, 0.5) is 0 Å². The van der Waals surface area contributed by atoms with E-state index in [4.69, 9.17) is 4.74 Å². The van der Waals surface area contributed by atoms with Crippen LogP contribution in [-0.2, 0) is 11.3 Å². The highest BCUT2D eigenvalue weighted by atomic mass is 32.1. The third kappa shape index (κ3) is 4.25. The zero-order valence-electron chi connectivity index (χ0n) is 17.2. The Morgan fingerprint density at radius 3 is 2.61 bits per heavy atom. The second-order valence-corrected chi connectivity index (χ2v) is 8.26. The summed E-state index contributed by atoms with van der Waals surface area (Å²) in [7, 11) is 0. The highest BCUT2D eigenvalue weighted by molar-refractivity contribution is 7.12. The van der Waals surface area contributed by atoms with Crippen LogP contribution in [0, 0.1) is 0 Å². The van der Waals surface area contributed by atoms with Crippen LogP contribution in [0.3, 0.4) is 0 Å². The number of rotatable bonds is 8. The van der Waals surface area contributed by atoms with Gasteiger partial charge in [0.1, 0.15) is 5.75 Å². The third-order valence-corrected chi connectivity index (χ3v) is 6.00. The van der Waals surface area contributed by atoms with Crippen molar-refractivity contribution in [1.29, 1.82) is 0 Å². The molecule has 1 atom stereocenters. The predicted molar refractivity (Wildman–Crippen MR) is 120 cm³/mol. The van der Waals surface area contributed by atoms with Crippen molar-refractivity contribution in [2.75, 3.05) is 6.61 Å². The lowest BCUT2D eigenvalue weighted by atomic mass is 9.95. The SMILES string of the molecule is CCCOc1cccc(C2C(C(=O)c3cccs3)=C(O)C(=O)N2Cc2ccccc2)c1. The molecule has 6 heteroatoms. The highest BCUT2D eigenvalue weighted by Gasteiger charge is 2.44. The molecule has 3 aromatic rings. The van der Waals surface area contributed by atoms with Crippen LogP contribution in [-0.4, -0.2) is 28.3 Å². The van der Waals surface area contributed by atoms with Gasteiger partial charge in [-0.2, -0.15) is 0 Å². The van der Waals surface area contributed by atoms with Gasteiger partial charge >= 0.3 is 0 Å². The van der Waals surface area contributed by atoms with Gasteiger partial charge in [-0.1, -0.05) is 55.5 Å². The van der Waals surface area contributed by atoms with E-state index in [-0.39, 0.29) is 17.9 Å². The van der Waals surface area contributed by atoms with E-state index >= 15 is 0 Å². The second kappa shape index (κ2) is 9.18. The Kier molecular flexibility index (Phi) is 6.18. The Balaban J connectivity index is 1.77. The molecule has 1 aromatic heterocycles. The highest BCUT2D eigenvalue weighted by Crippen LogP contribution is 2.41. The zero-order valence-corrected chi connectivity index (χ0v) is 18.0. The van der Waals surface area contributed by atoms with E-state index in [1.807, 2.05) is 61.5 Å². The standard InChI is InChI=1S/C25H23NO4S/c1-2-13-30-19-11-6-10-18(15-19)22-21(23(27)20-12-7-14-31-20)24(28)25(29)26(22)16-17-8-4-3-5-9-17/h3-12,14-15,22,28H,2,13,16H2,1H3. The van der Waals surface area contributed by atoms with Crippen LogP contribution in [0.2, 0.25) is 0 Å². The van der Waals surface area contributed by atoms with Gasteiger partial charge < -0.3 is 14.7 Å². The van der Waals surface area contributed by atoms with Crippen molar-refractivity contribution in [3.8, 4) is 5.75 Å². The van der Waals surface area contributed by atoms with Crippen LogP contribution in [0.15, 0.2) is 83.4 Å². The van der Waals surface area contributed by atoms with Gasteiger partial charge in [0.15, 0.2) is 5.76 Å². The average molecular weight is 434 g/mol. The summed E-state index contributed by atoms with van der Waals surface area (Å²) in [5, 5.41) is 12.6. The minimum atomic E-state index is -0.701. The molecule has 0 fully saturated rings. The molecule has 1 N–H and O–H groups in total. The maximum absolute atomic E-state index is 13.3. The minimum Gasteiger partial charge on any atom is -0.503 e. The molecular weight excluding hydrogens is 410 g/mol. The quantitative estimate of drug-likeness (QED) is 0.489. The van der Waals surface area contributed by atoms with Crippen LogP contribution >= 0.6 is 11.3 Å². The molecule has 1 aliphatic heterocycles. The van der Waals surface area contributed by atoms with Crippen LogP contribution in [0.1, 0.15) is 40.2 Å². The van der Waals surface area contributed by atoms with Gasteiger partial charge in [-0.15, -0.1) is 11.3 Å². The molecule has 31 heavy (non-hydrogen) atoms. The maximum Gasteiger partial charge on any atom is 0.290 e. The first-order valence-corrected chi connectivity index (χ1v) is 11.1. The van der Waals surface area contributed by atoms with Gasteiger partial charge in [0.2, 0.25) is 5.78 Å².